The van der Waals surface area contributed by atoms with Crippen molar-refractivity contribution in [2.24, 2.45) is 0 Å². The molecule has 21 heavy (non-hydrogen) atoms. The Bertz CT molecular complexity index is 827. The number of ether oxygens (including phenoxy) is 2. The summed E-state index contributed by atoms with van der Waals surface area (Å²) in [4.78, 5) is 11.6. The minimum Gasteiger partial charge on any atom is -0.434 e. The molecule has 0 amide bonds. The Morgan fingerprint density at radius 3 is 2.62 bits per heavy atom. The van der Waals surface area contributed by atoms with Crippen LogP contribution in [0.25, 0.3) is 21.5 Å². The van der Waals surface area contributed by atoms with Crippen LogP contribution in [0.3, 0.4) is 0 Å². The maximum absolute atomic E-state index is 14.0. The highest BCUT2D eigenvalue weighted by Crippen LogP contribution is 2.36. The van der Waals surface area contributed by atoms with Crippen molar-refractivity contribution in [1.29, 1.82) is 0 Å². The topological polar surface area (TPSA) is 35.5 Å². The van der Waals surface area contributed by atoms with Crippen LogP contribution in [0.4, 0.5) is 9.18 Å². The number of fused-ring (bicyclic) bond motifs is 2. The predicted octanol–water partition coefficient (Wildman–Crippen LogP) is 4.67. The molecule has 0 aromatic heterocycles. The van der Waals surface area contributed by atoms with Crippen LogP contribution >= 0.6 is 0 Å². The largest absolute Gasteiger partial charge is 0.513 e. The standard InChI is InChI=1S/C17H13FO3/c1-2-20-17(19)21-16-12-7-4-3-6-11(12)10-14-13(16)8-5-9-15(14)18/h3-10H,2H2,1H3. The molecule has 106 valence electrons. The Kier molecular flexibility index (Phi) is 3.44. The van der Waals surface area contributed by atoms with Gasteiger partial charge < -0.3 is 9.47 Å². The van der Waals surface area contributed by atoms with Crippen LogP contribution in [-0.4, -0.2) is 12.8 Å². The summed E-state index contributed by atoms with van der Waals surface area (Å²) in [5, 5.41) is 2.50. The number of hydrogen-bond donors (Lipinski definition) is 0. The van der Waals surface area contributed by atoms with Gasteiger partial charge in [-0.25, -0.2) is 9.18 Å². The second kappa shape index (κ2) is 5.40. The number of hydrogen-bond acceptors (Lipinski definition) is 3. The molecule has 0 radical (unpaired) electrons. The van der Waals surface area contributed by atoms with Gasteiger partial charge >= 0.3 is 6.16 Å². The van der Waals surface area contributed by atoms with Gasteiger partial charge in [-0.15, -0.1) is 0 Å². The molecule has 0 atom stereocenters. The molecule has 0 fully saturated rings. The molecule has 0 aliphatic carbocycles. The smallest absolute Gasteiger partial charge is 0.434 e. The summed E-state index contributed by atoms with van der Waals surface area (Å²) in [7, 11) is 0. The highest BCUT2D eigenvalue weighted by Gasteiger charge is 2.15. The van der Waals surface area contributed by atoms with Crippen molar-refractivity contribution in [1.82, 2.24) is 0 Å². The van der Waals surface area contributed by atoms with E-state index in [9.17, 15) is 9.18 Å². The van der Waals surface area contributed by atoms with Crippen LogP contribution in [0.1, 0.15) is 6.92 Å². The fourth-order valence-electron chi connectivity index (χ4n) is 2.35. The lowest BCUT2D eigenvalue weighted by Gasteiger charge is -2.11. The zero-order valence-electron chi connectivity index (χ0n) is 11.4. The van der Waals surface area contributed by atoms with Gasteiger partial charge in [0, 0.05) is 16.2 Å². The SMILES string of the molecule is CCOC(=O)Oc1c2ccccc2cc2c(F)cccc12. The van der Waals surface area contributed by atoms with Crippen molar-refractivity contribution >= 4 is 27.7 Å². The normalized spacial score (nSPS) is 10.8. The second-order valence-corrected chi connectivity index (χ2v) is 4.55. The number of carbonyl (C=O) groups excluding carboxylic acids is 1. The van der Waals surface area contributed by atoms with E-state index in [1.807, 2.05) is 24.3 Å². The summed E-state index contributed by atoms with van der Waals surface area (Å²) in [6.45, 7) is 1.91. The van der Waals surface area contributed by atoms with E-state index in [0.717, 1.165) is 10.8 Å². The van der Waals surface area contributed by atoms with Crippen molar-refractivity contribution in [2.75, 3.05) is 6.61 Å². The predicted molar refractivity (Wildman–Crippen MR) is 79.1 cm³/mol. The quantitative estimate of drug-likeness (QED) is 0.390. The Morgan fingerprint density at radius 1 is 1.05 bits per heavy atom. The van der Waals surface area contributed by atoms with Gasteiger partial charge in [0.1, 0.15) is 11.6 Å². The maximum atomic E-state index is 14.0. The zero-order chi connectivity index (χ0) is 14.8. The van der Waals surface area contributed by atoms with E-state index in [4.69, 9.17) is 9.47 Å². The van der Waals surface area contributed by atoms with Crippen LogP contribution < -0.4 is 4.74 Å². The molecule has 0 unspecified atom stereocenters. The van der Waals surface area contributed by atoms with Gasteiger partial charge in [-0.05, 0) is 24.4 Å². The van der Waals surface area contributed by atoms with Crippen molar-refractivity contribution in [3.05, 3.63) is 54.3 Å². The lowest BCUT2D eigenvalue weighted by molar-refractivity contribution is 0.105. The third-order valence-corrected chi connectivity index (χ3v) is 3.25. The fourth-order valence-corrected chi connectivity index (χ4v) is 2.35. The van der Waals surface area contributed by atoms with Gasteiger partial charge in [-0.2, -0.15) is 0 Å². The molecule has 0 N–H and O–H groups in total. The van der Waals surface area contributed by atoms with E-state index in [2.05, 4.69) is 0 Å². The number of rotatable bonds is 2. The van der Waals surface area contributed by atoms with Gasteiger partial charge in [0.05, 0.1) is 6.61 Å². The average molecular weight is 284 g/mol. The minimum atomic E-state index is -0.792. The highest BCUT2D eigenvalue weighted by molar-refractivity contribution is 6.06. The highest BCUT2D eigenvalue weighted by atomic mass is 19.1. The summed E-state index contributed by atoms with van der Waals surface area (Å²) in [6, 6.07) is 13.8. The molecule has 0 aliphatic heterocycles. The van der Waals surface area contributed by atoms with Crippen molar-refractivity contribution < 1.29 is 18.7 Å². The summed E-state index contributed by atoms with van der Waals surface area (Å²) < 4.78 is 24.1. The van der Waals surface area contributed by atoms with Gasteiger partial charge in [0.2, 0.25) is 0 Å². The summed E-state index contributed by atoms with van der Waals surface area (Å²) >= 11 is 0. The third kappa shape index (κ3) is 2.40. The monoisotopic (exact) mass is 284 g/mol. The van der Waals surface area contributed by atoms with E-state index < -0.39 is 6.16 Å². The van der Waals surface area contributed by atoms with Gasteiger partial charge in [-0.1, -0.05) is 36.4 Å². The molecule has 3 rings (SSSR count). The molecular formula is C17H13FO3. The molecule has 3 nitrogen and oxygen atoms in total. The first-order valence-electron chi connectivity index (χ1n) is 6.65. The molecule has 3 aromatic carbocycles. The van der Waals surface area contributed by atoms with Crippen LogP contribution in [0.2, 0.25) is 0 Å². The van der Waals surface area contributed by atoms with Gasteiger partial charge in [0.25, 0.3) is 0 Å². The van der Waals surface area contributed by atoms with Crippen LogP contribution in [-0.2, 0) is 4.74 Å². The van der Waals surface area contributed by atoms with Crippen molar-refractivity contribution in [3.8, 4) is 5.75 Å². The molecule has 3 aromatic rings. The van der Waals surface area contributed by atoms with Crippen molar-refractivity contribution in [3.63, 3.8) is 0 Å². The van der Waals surface area contributed by atoms with E-state index in [-0.39, 0.29) is 12.4 Å². The molecule has 0 aliphatic rings. The number of benzene rings is 3. The van der Waals surface area contributed by atoms with Crippen molar-refractivity contribution in [2.45, 2.75) is 6.92 Å². The van der Waals surface area contributed by atoms with E-state index >= 15 is 0 Å². The first kappa shape index (κ1) is 13.4. The van der Waals surface area contributed by atoms with Crippen LogP contribution in [0.5, 0.6) is 5.75 Å². The zero-order valence-corrected chi connectivity index (χ0v) is 11.4. The Labute approximate surface area is 120 Å². The van der Waals surface area contributed by atoms with Crippen LogP contribution in [0.15, 0.2) is 48.5 Å². The van der Waals surface area contributed by atoms with Crippen LogP contribution in [0, 0.1) is 5.82 Å². The minimum absolute atomic E-state index is 0.218. The summed E-state index contributed by atoms with van der Waals surface area (Å²) in [5.74, 6) is -0.0342. The molecule has 0 saturated heterocycles. The molecule has 0 spiro atoms. The number of halogens is 1. The average Bonchev–Trinajstić information content (AvgIpc) is 2.48. The Hall–Kier alpha value is -2.62. The first-order chi connectivity index (χ1) is 10.2. The third-order valence-electron chi connectivity index (χ3n) is 3.25. The van der Waals surface area contributed by atoms with E-state index in [1.165, 1.54) is 6.07 Å². The summed E-state index contributed by atoms with van der Waals surface area (Å²) in [5.41, 5.74) is 0. The second-order valence-electron chi connectivity index (χ2n) is 4.55. The summed E-state index contributed by atoms with van der Waals surface area (Å²) in [6.07, 6.45) is -0.792. The lowest BCUT2D eigenvalue weighted by atomic mass is 10.0. The molecular weight excluding hydrogens is 271 g/mol. The first-order valence-corrected chi connectivity index (χ1v) is 6.65. The van der Waals surface area contributed by atoms with Gasteiger partial charge in [-0.3, -0.25) is 0 Å². The van der Waals surface area contributed by atoms with E-state index in [0.29, 0.717) is 16.5 Å². The Balaban J connectivity index is 2.30. The molecule has 4 heteroatoms. The molecule has 0 heterocycles. The van der Waals surface area contributed by atoms with Gasteiger partial charge in [0.15, 0.2) is 0 Å². The fraction of sp³-hybridized carbons (Fsp3) is 0.118. The van der Waals surface area contributed by atoms with E-state index in [1.54, 1.807) is 25.1 Å². The Morgan fingerprint density at radius 2 is 1.81 bits per heavy atom. The molecule has 0 bridgehead atoms. The lowest BCUT2D eigenvalue weighted by Crippen LogP contribution is -2.10. The number of carbonyl (C=O) groups is 1. The maximum Gasteiger partial charge on any atom is 0.513 e. The molecule has 0 saturated carbocycles.